The number of likely N-dealkylation sites (tertiary alicyclic amines) is 1. The second-order valence-electron chi connectivity index (χ2n) is 5.30. The van der Waals surface area contributed by atoms with Gasteiger partial charge in [-0.1, -0.05) is 19.1 Å². The number of hydrogen-bond acceptors (Lipinski definition) is 2. The van der Waals surface area contributed by atoms with Gasteiger partial charge in [-0.2, -0.15) is 0 Å². The number of halogens is 1. The molecule has 1 aliphatic heterocycles. The minimum absolute atomic E-state index is 0.0129. The average Bonchev–Trinajstić information content (AvgIpc) is 2.77. The molecule has 1 aromatic rings. The molecule has 3 unspecified atom stereocenters. The van der Waals surface area contributed by atoms with Crippen molar-refractivity contribution in [3.63, 3.8) is 0 Å². The van der Waals surface area contributed by atoms with Crippen LogP contribution >= 0.6 is 0 Å². The van der Waals surface area contributed by atoms with E-state index in [1.165, 1.54) is 18.9 Å². The molecule has 0 bridgehead atoms. The minimum Gasteiger partial charge on any atom is -0.326 e. The lowest BCUT2D eigenvalue weighted by Gasteiger charge is -2.35. The van der Waals surface area contributed by atoms with Gasteiger partial charge in [-0.3, -0.25) is 4.90 Å². The van der Waals surface area contributed by atoms with E-state index in [0.717, 1.165) is 18.5 Å². The quantitative estimate of drug-likeness (QED) is 0.889. The molecule has 3 heteroatoms. The zero-order valence-electron chi connectivity index (χ0n) is 11.3. The van der Waals surface area contributed by atoms with Crippen LogP contribution in [-0.4, -0.2) is 23.5 Å². The van der Waals surface area contributed by atoms with Gasteiger partial charge < -0.3 is 5.73 Å². The zero-order chi connectivity index (χ0) is 13.1. The molecule has 0 saturated carbocycles. The number of nitrogens with zero attached hydrogens (tertiary/aromatic N) is 1. The molecule has 0 aliphatic carbocycles. The van der Waals surface area contributed by atoms with Crippen LogP contribution in [0.5, 0.6) is 0 Å². The lowest BCUT2D eigenvalue weighted by atomic mass is 9.97. The fourth-order valence-corrected chi connectivity index (χ4v) is 3.15. The van der Waals surface area contributed by atoms with Gasteiger partial charge in [0.2, 0.25) is 0 Å². The summed E-state index contributed by atoms with van der Waals surface area (Å²) in [6.45, 7) is 5.30. The smallest absolute Gasteiger partial charge is 0.123 e. The van der Waals surface area contributed by atoms with Crippen LogP contribution in [-0.2, 0) is 0 Å². The highest BCUT2D eigenvalue weighted by molar-refractivity contribution is 5.22. The van der Waals surface area contributed by atoms with Crippen LogP contribution in [0.3, 0.4) is 0 Å². The maximum atomic E-state index is 13.4. The summed E-state index contributed by atoms with van der Waals surface area (Å²) in [5.74, 6) is -0.176. The van der Waals surface area contributed by atoms with Crippen molar-refractivity contribution in [3.05, 3.63) is 35.6 Å². The third kappa shape index (κ3) is 2.73. The van der Waals surface area contributed by atoms with Gasteiger partial charge in [0.05, 0.1) is 0 Å². The fraction of sp³-hybridized carbons (Fsp3) is 0.600. The second kappa shape index (κ2) is 5.81. The molecule has 1 heterocycles. The van der Waals surface area contributed by atoms with Gasteiger partial charge in [0, 0.05) is 18.1 Å². The van der Waals surface area contributed by atoms with Crippen molar-refractivity contribution >= 4 is 0 Å². The molecule has 2 nitrogen and oxygen atoms in total. The summed E-state index contributed by atoms with van der Waals surface area (Å²) < 4.78 is 13.4. The molecular formula is C15H23FN2. The van der Waals surface area contributed by atoms with E-state index >= 15 is 0 Å². The van der Waals surface area contributed by atoms with Gasteiger partial charge in [0.15, 0.2) is 0 Å². The predicted molar refractivity (Wildman–Crippen MR) is 72.8 cm³/mol. The Morgan fingerprint density at radius 1 is 1.50 bits per heavy atom. The molecule has 1 saturated heterocycles. The van der Waals surface area contributed by atoms with Gasteiger partial charge >= 0.3 is 0 Å². The zero-order valence-corrected chi connectivity index (χ0v) is 11.3. The maximum absolute atomic E-state index is 13.4. The molecule has 1 aliphatic rings. The van der Waals surface area contributed by atoms with Crippen molar-refractivity contribution in [2.75, 3.05) is 6.54 Å². The first kappa shape index (κ1) is 13.5. The Balaban J connectivity index is 2.28. The highest BCUT2D eigenvalue weighted by atomic mass is 19.1. The van der Waals surface area contributed by atoms with Crippen molar-refractivity contribution in [1.82, 2.24) is 4.90 Å². The maximum Gasteiger partial charge on any atom is 0.123 e. The van der Waals surface area contributed by atoms with E-state index in [4.69, 9.17) is 5.73 Å². The summed E-state index contributed by atoms with van der Waals surface area (Å²) in [4.78, 5) is 2.46. The highest BCUT2D eigenvalue weighted by Crippen LogP contribution is 2.32. The van der Waals surface area contributed by atoms with Crippen molar-refractivity contribution < 1.29 is 4.39 Å². The van der Waals surface area contributed by atoms with Crippen LogP contribution in [0.1, 0.15) is 44.7 Å². The summed E-state index contributed by atoms with van der Waals surface area (Å²) in [6, 6.07) is 7.61. The van der Waals surface area contributed by atoms with E-state index in [1.807, 2.05) is 13.0 Å². The summed E-state index contributed by atoms with van der Waals surface area (Å²) >= 11 is 0. The molecule has 1 fully saturated rings. The Morgan fingerprint density at radius 2 is 2.28 bits per heavy atom. The van der Waals surface area contributed by atoms with Crippen LogP contribution in [0.4, 0.5) is 4.39 Å². The monoisotopic (exact) mass is 250 g/mol. The third-order valence-corrected chi connectivity index (χ3v) is 3.94. The molecule has 0 radical (unpaired) electrons. The van der Waals surface area contributed by atoms with Crippen molar-refractivity contribution in [2.45, 2.75) is 51.2 Å². The first-order valence-corrected chi connectivity index (χ1v) is 6.90. The molecule has 1 aromatic carbocycles. The Bertz CT molecular complexity index is 392. The van der Waals surface area contributed by atoms with Gasteiger partial charge in [0.1, 0.15) is 5.82 Å². The standard InChI is InChI=1S/C15H23FN2/c1-3-14-8-5-9-18(14)15(11(2)17)12-6-4-7-13(16)10-12/h4,6-7,10-11,14-15H,3,5,8-9,17H2,1-2H3. The van der Waals surface area contributed by atoms with E-state index in [9.17, 15) is 4.39 Å². The SMILES string of the molecule is CCC1CCCN1C(c1cccc(F)c1)C(C)N. The number of rotatable bonds is 4. The minimum atomic E-state index is -0.176. The van der Waals surface area contributed by atoms with E-state index in [2.05, 4.69) is 11.8 Å². The van der Waals surface area contributed by atoms with E-state index in [0.29, 0.717) is 6.04 Å². The molecule has 0 spiro atoms. The molecular weight excluding hydrogens is 227 g/mol. The lowest BCUT2D eigenvalue weighted by molar-refractivity contribution is 0.157. The van der Waals surface area contributed by atoms with Gasteiger partial charge in [-0.25, -0.2) is 4.39 Å². The largest absolute Gasteiger partial charge is 0.326 e. The first-order chi connectivity index (χ1) is 8.63. The van der Waals surface area contributed by atoms with Crippen molar-refractivity contribution in [1.29, 1.82) is 0 Å². The van der Waals surface area contributed by atoms with E-state index in [-0.39, 0.29) is 17.9 Å². The van der Waals surface area contributed by atoms with Gasteiger partial charge in [0.25, 0.3) is 0 Å². The number of benzene rings is 1. The summed E-state index contributed by atoms with van der Waals surface area (Å²) in [5, 5.41) is 0. The van der Waals surface area contributed by atoms with Crippen molar-refractivity contribution in [3.8, 4) is 0 Å². The molecule has 0 amide bonds. The van der Waals surface area contributed by atoms with Crippen LogP contribution in [0, 0.1) is 5.82 Å². The third-order valence-electron chi connectivity index (χ3n) is 3.94. The Morgan fingerprint density at radius 3 is 2.89 bits per heavy atom. The van der Waals surface area contributed by atoms with Gasteiger partial charge in [-0.15, -0.1) is 0 Å². The number of hydrogen-bond donors (Lipinski definition) is 1. The van der Waals surface area contributed by atoms with Crippen LogP contribution in [0.25, 0.3) is 0 Å². The molecule has 2 rings (SSSR count). The average molecular weight is 250 g/mol. The molecule has 100 valence electrons. The van der Waals surface area contributed by atoms with Crippen LogP contribution in [0.15, 0.2) is 24.3 Å². The van der Waals surface area contributed by atoms with E-state index in [1.54, 1.807) is 12.1 Å². The Hall–Kier alpha value is -0.930. The fourth-order valence-electron chi connectivity index (χ4n) is 3.15. The second-order valence-corrected chi connectivity index (χ2v) is 5.30. The molecule has 18 heavy (non-hydrogen) atoms. The lowest BCUT2D eigenvalue weighted by Crippen LogP contribution is -2.42. The summed E-state index contributed by atoms with van der Waals surface area (Å²) in [5.41, 5.74) is 7.16. The van der Waals surface area contributed by atoms with Crippen molar-refractivity contribution in [2.24, 2.45) is 5.73 Å². The topological polar surface area (TPSA) is 29.3 Å². The van der Waals surface area contributed by atoms with Crippen LogP contribution < -0.4 is 5.73 Å². The van der Waals surface area contributed by atoms with Crippen LogP contribution in [0.2, 0.25) is 0 Å². The predicted octanol–water partition coefficient (Wildman–Crippen LogP) is 3.09. The molecule has 0 aromatic heterocycles. The molecule has 2 N–H and O–H groups in total. The Kier molecular flexibility index (Phi) is 4.36. The highest BCUT2D eigenvalue weighted by Gasteiger charge is 2.32. The summed E-state index contributed by atoms with van der Waals surface area (Å²) in [6.07, 6.45) is 3.59. The normalized spacial score (nSPS) is 24.1. The Labute approximate surface area is 109 Å². The first-order valence-electron chi connectivity index (χ1n) is 6.90. The summed E-state index contributed by atoms with van der Waals surface area (Å²) in [7, 11) is 0. The van der Waals surface area contributed by atoms with Gasteiger partial charge in [-0.05, 0) is 50.4 Å². The van der Waals surface area contributed by atoms with E-state index < -0.39 is 0 Å². The molecule has 3 atom stereocenters. The number of nitrogens with two attached hydrogens (primary N) is 1.